The molecule has 5 aromatic rings. The van der Waals surface area contributed by atoms with E-state index in [9.17, 15) is 0 Å². The molecule has 2 aromatic heterocycles. The summed E-state index contributed by atoms with van der Waals surface area (Å²) in [6, 6.07) is 25.8. The quantitative estimate of drug-likeness (QED) is 0.303. The molecule has 0 aliphatic heterocycles. The second-order valence-electron chi connectivity index (χ2n) is 8.52. The van der Waals surface area contributed by atoms with Gasteiger partial charge in [0.2, 0.25) is 0 Å². The summed E-state index contributed by atoms with van der Waals surface area (Å²) in [6.07, 6.45) is 4.90. The summed E-state index contributed by atoms with van der Waals surface area (Å²) < 4.78 is 11.5. The molecule has 0 spiro atoms. The van der Waals surface area contributed by atoms with Gasteiger partial charge in [-0.2, -0.15) is 0 Å². The van der Waals surface area contributed by atoms with Crippen molar-refractivity contribution >= 4 is 22.4 Å². The van der Waals surface area contributed by atoms with E-state index >= 15 is 0 Å². The molecule has 35 heavy (non-hydrogen) atoms. The predicted molar refractivity (Wildman–Crippen MR) is 138 cm³/mol. The van der Waals surface area contributed by atoms with E-state index in [1.807, 2.05) is 66.7 Å². The second-order valence-corrected chi connectivity index (χ2v) is 8.52. The Kier molecular flexibility index (Phi) is 5.47. The summed E-state index contributed by atoms with van der Waals surface area (Å²) in [6.45, 7) is 0. The number of ether oxygens (including phenoxy) is 2. The summed E-state index contributed by atoms with van der Waals surface area (Å²) in [5.41, 5.74) is 6.44. The first-order chi connectivity index (χ1) is 17.3. The molecule has 0 atom stereocenters. The first-order valence-electron chi connectivity index (χ1n) is 11.7. The Bertz CT molecular complexity index is 1500. The van der Waals surface area contributed by atoms with Gasteiger partial charge in [0.25, 0.3) is 0 Å². The van der Waals surface area contributed by atoms with Gasteiger partial charge in [-0.3, -0.25) is 4.98 Å². The molecule has 1 aliphatic rings. The van der Waals surface area contributed by atoms with Gasteiger partial charge in [-0.05, 0) is 67.3 Å². The maximum absolute atomic E-state index is 6.17. The third-order valence-corrected chi connectivity index (χ3v) is 6.34. The van der Waals surface area contributed by atoms with Crippen molar-refractivity contribution in [1.82, 2.24) is 15.2 Å². The van der Waals surface area contributed by atoms with Gasteiger partial charge < -0.3 is 14.8 Å². The lowest BCUT2D eigenvalue weighted by molar-refractivity contribution is 0.415. The Hall–Kier alpha value is -4.45. The van der Waals surface area contributed by atoms with Crippen LogP contribution >= 0.6 is 0 Å². The van der Waals surface area contributed by atoms with Crippen molar-refractivity contribution < 1.29 is 9.47 Å². The van der Waals surface area contributed by atoms with Crippen molar-refractivity contribution in [2.75, 3.05) is 12.4 Å². The lowest BCUT2D eigenvalue weighted by atomic mass is 10.0. The Labute approximate surface area is 203 Å². The summed E-state index contributed by atoms with van der Waals surface area (Å²) in [5, 5.41) is 13.5. The van der Waals surface area contributed by atoms with Gasteiger partial charge in [0, 0.05) is 34.5 Å². The van der Waals surface area contributed by atoms with E-state index in [4.69, 9.17) is 9.47 Å². The number of benzene rings is 3. The molecule has 0 radical (unpaired) electrons. The van der Waals surface area contributed by atoms with Gasteiger partial charge >= 0.3 is 0 Å². The lowest BCUT2D eigenvalue weighted by Gasteiger charge is -2.13. The molecule has 0 saturated carbocycles. The Morgan fingerprint density at radius 2 is 1.60 bits per heavy atom. The molecule has 1 aliphatic carbocycles. The highest BCUT2D eigenvalue weighted by Crippen LogP contribution is 2.36. The topological polar surface area (TPSA) is 69.2 Å². The Morgan fingerprint density at radius 3 is 2.43 bits per heavy atom. The van der Waals surface area contributed by atoms with Gasteiger partial charge in [-0.15, -0.1) is 10.2 Å². The lowest BCUT2D eigenvalue weighted by Crippen LogP contribution is -2.03. The molecular formula is C29H24N4O2. The third kappa shape index (κ3) is 4.15. The zero-order valence-corrected chi connectivity index (χ0v) is 19.4. The number of pyridine rings is 1. The first-order valence-corrected chi connectivity index (χ1v) is 11.7. The van der Waals surface area contributed by atoms with Crippen LogP contribution in [0.25, 0.3) is 22.2 Å². The molecule has 1 N–H and O–H groups in total. The predicted octanol–water partition coefficient (Wildman–Crippen LogP) is 6.73. The molecule has 6 rings (SSSR count). The van der Waals surface area contributed by atoms with Crippen LogP contribution in [0.1, 0.15) is 17.5 Å². The largest absolute Gasteiger partial charge is 0.497 e. The van der Waals surface area contributed by atoms with E-state index in [-0.39, 0.29) is 0 Å². The molecule has 0 fully saturated rings. The third-order valence-electron chi connectivity index (χ3n) is 6.34. The summed E-state index contributed by atoms with van der Waals surface area (Å²) in [7, 11) is 1.65. The van der Waals surface area contributed by atoms with Crippen LogP contribution < -0.4 is 14.8 Å². The van der Waals surface area contributed by atoms with Gasteiger partial charge in [0.05, 0.1) is 18.3 Å². The zero-order chi connectivity index (χ0) is 23.6. The van der Waals surface area contributed by atoms with Crippen molar-refractivity contribution in [2.24, 2.45) is 0 Å². The number of aromatic nitrogens is 3. The van der Waals surface area contributed by atoms with Crippen LogP contribution in [0.3, 0.4) is 0 Å². The van der Waals surface area contributed by atoms with Gasteiger partial charge in [0.1, 0.15) is 17.2 Å². The number of hydrogen-bond acceptors (Lipinski definition) is 6. The highest BCUT2D eigenvalue weighted by molar-refractivity contribution is 5.86. The van der Waals surface area contributed by atoms with Crippen LogP contribution in [-0.4, -0.2) is 22.3 Å². The summed E-state index contributed by atoms with van der Waals surface area (Å²) >= 11 is 0. The fourth-order valence-electron chi connectivity index (χ4n) is 4.60. The van der Waals surface area contributed by atoms with Gasteiger partial charge in [0.15, 0.2) is 5.82 Å². The zero-order valence-electron chi connectivity index (χ0n) is 19.4. The Balaban J connectivity index is 1.23. The molecule has 0 amide bonds. The second kappa shape index (κ2) is 9.06. The van der Waals surface area contributed by atoms with Crippen LogP contribution in [-0.2, 0) is 12.8 Å². The number of nitrogens with one attached hydrogen (secondary N) is 1. The van der Waals surface area contributed by atoms with Crippen molar-refractivity contribution in [3.8, 4) is 28.5 Å². The summed E-state index contributed by atoms with van der Waals surface area (Å²) in [4.78, 5) is 4.42. The maximum atomic E-state index is 6.17. The van der Waals surface area contributed by atoms with Crippen LogP contribution in [0.4, 0.5) is 11.5 Å². The van der Waals surface area contributed by atoms with Crippen molar-refractivity contribution in [3.63, 3.8) is 0 Å². The van der Waals surface area contributed by atoms with Crippen molar-refractivity contribution in [2.45, 2.75) is 19.3 Å². The van der Waals surface area contributed by atoms with E-state index in [2.05, 4.69) is 32.6 Å². The molecule has 2 heterocycles. The average molecular weight is 461 g/mol. The number of fused-ring (bicyclic) bond motifs is 2. The minimum absolute atomic E-state index is 0.745. The van der Waals surface area contributed by atoms with E-state index in [0.29, 0.717) is 0 Å². The normalized spacial score (nSPS) is 12.4. The molecule has 3 aromatic carbocycles. The van der Waals surface area contributed by atoms with Crippen LogP contribution in [0.15, 0.2) is 85.1 Å². The number of anilines is 2. The molecule has 0 unspecified atom stereocenters. The number of nitrogens with zero attached hydrogens (tertiary/aromatic N) is 3. The highest BCUT2D eigenvalue weighted by Gasteiger charge is 2.22. The maximum Gasteiger partial charge on any atom is 0.156 e. The monoisotopic (exact) mass is 460 g/mol. The van der Waals surface area contributed by atoms with Gasteiger partial charge in [-0.1, -0.05) is 30.3 Å². The fourth-order valence-corrected chi connectivity index (χ4v) is 4.60. The van der Waals surface area contributed by atoms with Crippen molar-refractivity contribution in [1.29, 1.82) is 0 Å². The Morgan fingerprint density at radius 1 is 0.800 bits per heavy atom. The van der Waals surface area contributed by atoms with Gasteiger partial charge in [-0.25, -0.2) is 0 Å². The number of methoxy groups -OCH3 is 1. The smallest absolute Gasteiger partial charge is 0.156 e. The van der Waals surface area contributed by atoms with E-state index in [0.717, 1.165) is 70.2 Å². The van der Waals surface area contributed by atoms with Crippen LogP contribution in [0.5, 0.6) is 17.2 Å². The average Bonchev–Trinajstić information content (AvgIpc) is 3.41. The molecule has 172 valence electrons. The van der Waals surface area contributed by atoms with E-state index in [1.54, 1.807) is 13.3 Å². The van der Waals surface area contributed by atoms with Crippen LogP contribution in [0, 0.1) is 0 Å². The SMILES string of the molecule is COc1ccc2c(Oc3ccc(Nc4nnc(-c5ccccc5)c5c4CCC5)cc3)ccnc2c1. The number of hydrogen-bond donors (Lipinski definition) is 1. The molecule has 0 bridgehead atoms. The van der Waals surface area contributed by atoms with E-state index in [1.165, 1.54) is 11.1 Å². The molecule has 0 saturated heterocycles. The standard InChI is InChI=1S/C29H24N4O2/c1-34-22-14-15-25-26(18-22)30-17-16-27(25)35-21-12-10-20(11-13-21)31-29-24-9-5-8-23(24)28(32-33-29)19-6-3-2-4-7-19/h2-4,6-7,10-18H,5,8-9H2,1H3,(H,31,33). The van der Waals surface area contributed by atoms with Crippen molar-refractivity contribution in [3.05, 3.63) is 96.2 Å². The molecular weight excluding hydrogens is 436 g/mol. The minimum atomic E-state index is 0.745. The minimum Gasteiger partial charge on any atom is -0.497 e. The summed E-state index contributed by atoms with van der Waals surface area (Å²) in [5.74, 6) is 3.09. The molecule has 6 heteroatoms. The fraction of sp³-hybridized carbons (Fsp3) is 0.138. The van der Waals surface area contributed by atoms with Crippen LogP contribution in [0.2, 0.25) is 0 Å². The number of rotatable bonds is 6. The first kappa shape index (κ1) is 21.1. The molecule has 6 nitrogen and oxygen atoms in total. The highest BCUT2D eigenvalue weighted by atomic mass is 16.5. The van der Waals surface area contributed by atoms with E-state index < -0.39 is 0 Å².